The predicted molar refractivity (Wildman–Crippen MR) is 138 cm³/mol. The van der Waals surface area contributed by atoms with Crippen molar-refractivity contribution in [3.05, 3.63) is 127 Å². The minimum Gasteiger partial charge on any atom is -0.309 e. The fourth-order valence-electron chi connectivity index (χ4n) is 4.57. The Morgan fingerprint density at radius 2 is 1.03 bits per heavy atom. The molecule has 164 valence electrons. The molecule has 0 spiro atoms. The highest BCUT2D eigenvalue weighted by Gasteiger charge is 2.17. The lowest BCUT2D eigenvalue weighted by Crippen LogP contribution is -2.01. The Hall–Kier alpha value is -4.15. The molecule has 0 fully saturated rings. The van der Waals surface area contributed by atoms with Crippen molar-refractivity contribution in [3.8, 4) is 16.8 Å². The van der Waals surface area contributed by atoms with Gasteiger partial charge in [0.1, 0.15) is 0 Å². The van der Waals surface area contributed by atoms with Gasteiger partial charge in [0, 0.05) is 16.5 Å². The van der Waals surface area contributed by atoms with Crippen molar-refractivity contribution in [2.75, 3.05) is 0 Å². The third kappa shape index (κ3) is 3.31. The predicted octanol–water partition coefficient (Wildman–Crippen LogP) is 7.28. The van der Waals surface area contributed by atoms with Crippen LogP contribution in [0.15, 0.2) is 137 Å². The number of sulfone groups is 1. The summed E-state index contributed by atoms with van der Waals surface area (Å²) in [6.07, 6.45) is 0. The van der Waals surface area contributed by atoms with E-state index in [-0.39, 0.29) is 0 Å². The van der Waals surface area contributed by atoms with Gasteiger partial charge in [-0.2, -0.15) is 0 Å². The minimum absolute atomic E-state index is 0.296. The molecule has 5 aromatic carbocycles. The zero-order valence-corrected chi connectivity index (χ0v) is 19.1. The summed E-state index contributed by atoms with van der Waals surface area (Å²) in [5, 5.41) is 2.35. The minimum atomic E-state index is -3.53. The highest BCUT2D eigenvalue weighted by molar-refractivity contribution is 7.91. The topological polar surface area (TPSA) is 39.1 Å². The molecule has 0 bridgehead atoms. The van der Waals surface area contributed by atoms with E-state index in [1.807, 2.05) is 24.3 Å². The number of para-hydroxylation sites is 2. The van der Waals surface area contributed by atoms with E-state index >= 15 is 0 Å². The molecule has 0 atom stereocenters. The van der Waals surface area contributed by atoms with E-state index in [2.05, 4.69) is 71.3 Å². The van der Waals surface area contributed by atoms with Crippen LogP contribution in [0.2, 0.25) is 0 Å². The summed E-state index contributed by atoms with van der Waals surface area (Å²) < 4.78 is 28.2. The summed E-state index contributed by atoms with van der Waals surface area (Å²) in [5.74, 6) is 0. The van der Waals surface area contributed by atoms with E-state index in [4.69, 9.17) is 0 Å². The zero-order chi connectivity index (χ0) is 23.1. The van der Waals surface area contributed by atoms with Gasteiger partial charge in [-0.25, -0.2) is 8.42 Å². The van der Waals surface area contributed by atoms with E-state index in [9.17, 15) is 8.42 Å². The van der Waals surface area contributed by atoms with Gasteiger partial charge < -0.3 is 4.57 Å². The van der Waals surface area contributed by atoms with Gasteiger partial charge in [0.15, 0.2) is 0 Å². The molecule has 0 amide bonds. The molecule has 1 heterocycles. The van der Waals surface area contributed by atoms with Gasteiger partial charge in [-0.15, -0.1) is 0 Å². The first-order valence-corrected chi connectivity index (χ1v) is 12.6. The molecule has 0 aliphatic heterocycles. The molecule has 0 unspecified atom stereocenters. The Labute approximate surface area is 198 Å². The normalized spacial score (nSPS) is 11.8. The molecule has 34 heavy (non-hydrogen) atoms. The number of hydrogen-bond acceptors (Lipinski definition) is 2. The molecule has 0 aliphatic carbocycles. The maximum atomic E-state index is 12.9. The van der Waals surface area contributed by atoms with Gasteiger partial charge >= 0.3 is 0 Å². The van der Waals surface area contributed by atoms with Gasteiger partial charge in [-0.1, -0.05) is 72.8 Å². The van der Waals surface area contributed by atoms with Crippen molar-refractivity contribution in [1.29, 1.82) is 0 Å². The van der Waals surface area contributed by atoms with Crippen LogP contribution in [-0.2, 0) is 9.84 Å². The highest BCUT2D eigenvalue weighted by atomic mass is 32.2. The zero-order valence-electron chi connectivity index (χ0n) is 18.3. The molecule has 3 nitrogen and oxygen atoms in total. The molecule has 4 heteroatoms. The quantitative estimate of drug-likeness (QED) is 0.278. The lowest BCUT2D eigenvalue weighted by Gasteiger charge is -2.09. The van der Waals surface area contributed by atoms with Crippen LogP contribution in [0.25, 0.3) is 38.6 Å². The third-order valence-electron chi connectivity index (χ3n) is 6.24. The number of aromatic nitrogens is 1. The Morgan fingerprint density at radius 3 is 1.76 bits per heavy atom. The summed E-state index contributed by atoms with van der Waals surface area (Å²) in [6.45, 7) is 0. The van der Waals surface area contributed by atoms with Crippen molar-refractivity contribution in [2.24, 2.45) is 0 Å². The molecule has 0 saturated heterocycles. The first-order valence-electron chi connectivity index (χ1n) is 11.1. The second-order valence-corrected chi connectivity index (χ2v) is 10.2. The molecule has 1 aromatic heterocycles. The van der Waals surface area contributed by atoms with Gasteiger partial charge in [-0.3, -0.25) is 0 Å². The van der Waals surface area contributed by atoms with Gasteiger partial charge in [0.2, 0.25) is 9.84 Å². The van der Waals surface area contributed by atoms with E-state index in [0.29, 0.717) is 9.79 Å². The lowest BCUT2D eigenvalue weighted by atomic mass is 10.0. The van der Waals surface area contributed by atoms with Crippen molar-refractivity contribution in [1.82, 2.24) is 4.57 Å². The SMILES string of the molecule is O=S(=O)(c1ccccc1)c1ccc(-c2ccc3c(c2)c2ccccc2n3-c2ccccc2)cc1. The summed E-state index contributed by atoms with van der Waals surface area (Å²) in [7, 11) is -3.53. The average molecular weight is 460 g/mol. The van der Waals surface area contributed by atoms with Crippen molar-refractivity contribution in [3.63, 3.8) is 0 Å². The van der Waals surface area contributed by atoms with Crippen molar-refractivity contribution >= 4 is 31.6 Å². The summed E-state index contributed by atoms with van der Waals surface area (Å²) in [4.78, 5) is 0.599. The summed E-state index contributed by atoms with van der Waals surface area (Å²) in [5.41, 5.74) is 5.44. The van der Waals surface area contributed by atoms with Crippen LogP contribution in [0, 0.1) is 0 Å². The highest BCUT2D eigenvalue weighted by Crippen LogP contribution is 2.35. The molecule has 0 radical (unpaired) electrons. The molecule has 0 saturated carbocycles. The van der Waals surface area contributed by atoms with Crippen LogP contribution in [0.5, 0.6) is 0 Å². The molecular weight excluding hydrogens is 438 g/mol. The maximum absolute atomic E-state index is 12.9. The monoisotopic (exact) mass is 459 g/mol. The fraction of sp³-hybridized carbons (Fsp3) is 0. The largest absolute Gasteiger partial charge is 0.309 e. The Bertz CT molecular complexity index is 1740. The van der Waals surface area contributed by atoms with Gasteiger partial charge in [0.25, 0.3) is 0 Å². The van der Waals surface area contributed by atoms with Crippen LogP contribution < -0.4 is 0 Å². The Balaban J connectivity index is 1.46. The van der Waals surface area contributed by atoms with E-state index in [0.717, 1.165) is 33.2 Å². The maximum Gasteiger partial charge on any atom is 0.206 e. The standard InChI is InChI=1S/C30H21NO2S/c32-34(33,25-11-5-2-6-12-25)26-18-15-22(16-19-26)23-17-20-30-28(21-23)27-13-7-8-14-29(27)31(30)24-9-3-1-4-10-24/h1-21H. The second kappa shape index (κ2) is 8.01. The van der Waals surface area contributed by atoms with Crippen LogP contribution in [-0.4, -0.2) is 13.0 Å². The first-order chi connectivity index (χ1) is 16.6. The van der Waals surface area contributed by atoms with E-state index < -0.39 is 9.84 Å². The van der Waals surface area contributed by atoms with Crippen LogP contribution in [0.4, 0.5) is 0 Å². The average Bonchev–Trinajstić information content (AvgIpc) is 3.23. The fourth-order valence-corrected chi connectivity index (χ4v) is 5.85. The van der Waals surface area contributed by atoms with Crippen molar-refractivity contribution in [2.45, 2.75) is 9.79 Å². The molecular formula is C30H21NO2S. The molecule has 6 aromatic rings. The number of hydrogen-bond donors (Lipinski definition) is 0. The van der Waals surface area contributed by atoms with Gasteiger partial charge in [0.05, 0.1) is 20.8 Å². The van der Waals surface area contributed by atoms with Crippen LogP contribution >= 0.6 is 0 Å². The third-order valence-corrected chi connectivity index (χ3v) is 8.02. The molecule has 0 N–H and O–H groups in total. The van der Waals surface area contributed by atoms with Crippen molar-refractivity contribution < 1.29 is 8.42 Å². The summed E-state index contributed by atoms with van der Waals surface area (Å²) >= 11 is 0. The molecule has 0 aliphatic rings. The van der Waals surface area contributed by atoms with Crippen LogP contribution in [0.1, 0.15) is 0 Å². The first kappa shape index (κ1) is 20.5. The molecule has 6 rings (SSSR count). The number of rotatable bonds is 4. The van der Waals surface area contributed by atoms with E-state index in [1.54, 1.807) is 36.4 Å². The number of nitrogens with zero attached hydrogens (tertiary/aromatic N) is 1. The lowest BCUT2D eigenvalue weighted by molar-refractivity contribution is 0.596. The number of fused-ring (bicyclic) bond motifs is 3. The second-order valence-electron chi connectivity index (χ2n) is 8.26. The van der Waals surface area contributed by atoms with Gasteiger partial charge in [-0.05, 0) is 65.7 Å². The summed E-state index contributed by atoms with van der Waals surface area (Å²) in [6, 6.07) is 40.9. The van der Waals surface area contributed by atoms with Crippen LogP contribution in [0.3, 0.4) is 0 Å². The van der Waals surface area contributed by atoms with E-state index in [1.165, 1.54) is 5.39 Å². The Morgan fingerprint density at radius 1 is 0.471 bits per heavy atom. The number of benzene rings is 5. The Kier molecular flexibility index (Phi) is 4.82. The smallest absolute Gasteiger partial charge is 0.206 e.